The van der Waals surface area contributed by atoms with Crippen molar-refractivity contribution >= 4 is 37.8 Å². The number of anilines is 2. The Kier molecular flexibility index (Phi) is 3.34. The van der Waals surface area contributed by atoms with Crippen molar-refractivity contribution in [2.75, 3.05) is 17.1 Å². The average Bonchev–Trinajstić information content (AvgIpc) is 3.00. The highest BCUT2D eigenvalue weighted by Crippen LogP contribution is 2.27. The van der Waals surface area contributed by atoms with Crippen LogP contribution in [-0.4, -0.2) is 24.9 Å². The van der Waals surface area contributed by atoms with E-state index in [9.17, 15) is 8.42 Å². The Morgan fingerprint density at radius 2 is 2.05 bits per heavy atom. The molecule has 0 fully saturated rings. The topological polar surface area (TPSA) is 75.5 Å². The number of nitrogens with zero attached hydrogens (tertiary/aromatic N) is 2. The highest BCUT2D eigenvalue weighted by molar-refractivity contribution is 7.92. The van der Waals surface area contributed by atoms with Gasteiger partial charge in [0, 0.05) is 18.6 Å². The summed E-state index contributed by atoms with van der Waals surface area (Å²) >= 11 is 1.38. The third-order valence-electron chi connectivity index (χ3n) is 3.10. The van der Waals surface area contributed by atoms with Gasteiger partial charge in [0.2, 0.25) is 5.03 Å². The molecule has 0 aliphatic carbocycles. The fourth-order valence-electron chi connectivity index (χ4n) is 2.07. The van der Waals surface area contributed by atoms with Crippen LogP contribution >= 0.6 is 11.3 Å². The highest BCUT2D eigenvalue weighted by atomic mass is 32.2. The molecule has 3 rings (SSSR count). The first-order valence-corrected chi connectivity index (χ1v) is 8.61. The zero-order chi connectivity index (χ0) is 15.0. The van der Waals surface area contributed by atoms with E-state index in [0.717, 1.165) is 5.56 Å². The zero-order valence-electron chi connectivity index (χ0n) is 11.5. The summed E-state index contributed by atoms with van der Waals surface area (Å²) in [6, 6.07) is 7.24. The molecule has 0 atom stereocenters. The van der Waals surface area contributed by atoms with Gasteiger partial charge in [-0.05, 0) is 18.6 Å². The maximum Gasteiger partial charge on any atom is 0.281 e. The second kappa shape index (κ2) is 5.05. The molecular formula is C13H14N4O2S2. The van der Waals surface area contributed by atoms with Crippen molar-refractivity contribution in [1.82, 2.24) is 9.38 Å². The normalized spacial score (nSPS) is 11.7. The molecule has 2 aromatic heterocycles. The van der Waals surface area contributed by atoms with E-state index in [4.69, 9.17) is 0 Å². The van der Waals surface area contributed by atoms with Gasteiger partial charge in [-0.1, -0.05) is 18.2 Å². The molecule has 0 saturated heterocycles. The molecule has 2 N–H and O–H groups in total. The summed E-state index contributed by atoms with van der Waals surface area (Å²) < 4.78 is 29.6. The van der Waals surface area contributed by atoms with E-state index in [0.29, 0.717) is 16.5 Å². The van der Waals surface area contributed by atoms with E-state index in [1.807, 2.05) is 19.1 Å². The third kappa shape index (κ3) is 2.36. The molecule has 110 valence electrons. The monoisotopic (exact) mass is 322 g/mol. The fraction of sp³-hybridized carbons (Fsp3) is 0.154. The number of sulfonamides is 1. The Hall–Kier alpha value is -2.06. The van der Waals surface area contributed by atoms with E-state index in [1.54, 1.807) is 35.2 Å². The van der Waals surface area contributed by atoms with Crippen molar-refractivity contribution in [3.63, 3.8) is 0 Å². The number of thiazole rings is 1. The summed E-state index contributed by atoms with van der Waals surface area (Å²) in [4.78, 5) is 4.90. The zero-order valence-corrected chi connectivity index (χ0v) is 13.1. The van der Waals surface area contributed by atoms with Crippen LogP contribution in [0.3, 0.4) is 0 Å². The molecule has 0 amide bonds. The first kappa shape index (κ1) is 13.9. The van der Waals surface area contributed by atoms with Gasteiger partial charge in [-0.25, -0.2) is 4.98 Å². The van der Waals surface area contributed by atoms with Crippen LogP contribution in [0, 0.1) is 6.92 Å². The lowest BCUT2D eigenvalue weighted by molar-refractivity contribution is 0.597. The van der Waals surface area contributed by atoms with Crippen LogP contribution in [0.5, 0.6) is 0 Å². The van der Waals surface area contributed by atoms with Gasteiger partial charge in [0.25, 0.3) is 10.0 Å². The molecular weight excluding hydrogens is 308 g/mol. The second-order valence-electron chi connectivity index (χ2n) is 4.49. The second-order valence-corrected chi connectivity index (χ2v) is 6.96. The molecule has 3 aromatic rings. The molecule has 0 aliphatic rings. The largest absolute Gasteiger partial charge is 0.371 e. The summed E-state index contributed by atoms with van der Waals surface area (Å²) in [5.41, 5.74) is 1.42. The van der Waals surface area contributed by atoms with Crippen molar-refractivity contribution < 1.29 is 8.42 Å². The summed E-state index contributed by atoms with van der Waals surface area (Å²) in [6.07, 6.45) is 1.69. The Labute approximate surface area is 126 Å². The van der Waals surface area contributed by atoms with Crippen LogP contribution in [0.2, 0.25) is 0 Å². The van der Waals surface area contributed by atoms with Gasteiger partial charge in [0.05, 0.1) is 5.69 Å². The van der Waals surface area contributed by atoms with Crippen LogP contribution < -0.4 is 10.0 Å². The lowest BCUT2D eigenvalue weighted by Crippen LogP contribution is -2.17. The van der Waals surface area contributed by atoms with Crippen molar-refractivity contribution in [1.29, 1.82) is 0 Å². The molecule has 0 saturated carbocycles. The van der Waals surface area contributed by atoms with E-state index in [1.165, 1.54) is 11.3 Å². The number of rotatable bonds is 4. The lowest BCUT2D eigenvalue weighted by Gasteiger charge is -2.10. The Morgan fingerprint density at radius 3 is 2.76 bits per heavy atom. The Balaban J connectivity index is 2.12. The summed E-state index contributed by atoms with van der Waals surface area (Å²) in [6.45, 7) is 1.85. The minimum atomic E-state index is -3.74. The minimum Gasteiger partial charge on any atom is -0.371 e. The molecule has 0 radical (unpaired) electrons. The molecule has 0 spiro atoms. The van der Waals surface area contributed by atoms with Crippen LogP contribution in [0.25, 0.3) is 4.96 Å². The number of aromatic nitrogens is 2. The van der Waals surface area contributed by atoms with Gasteiger partial charge in [-0.15, -0.1) is 11.3 Å². The van der Waals surface area contributed by atoms with Crippen LogP contribution in [-0.2, 0) is 10.0 Å². The number of aryl methyl sites for hydroxylation is 1. The molecule has 6 nitrogen and oxygen atoms in total. The van der Waals surface area contributed by atoms with Gasteiger partial charge in [-0.3, -0.25) is 9.12 Å². The number of fused-ring (bicyclic) bond motifs is 1. The third-order valence-corrected chi connectivity index (χ3v) is 5.24. The first-order valence-electron chi connectivity index (χ1n) is 6.24. The van der Waals surface area contributed by atoms with Crippen LogP contribution in [0.4, 0.5) is 11.5 Å². The van der Waals surface area contributed by atoms with E-state index in [2.05, 4.69) is 15.0 Å². The standard InChI is InChI=1S/C13H14N4O2S2/c1-9-5-3-4-6-10(9)16-21(18,19)12-11(14-2)15-13-17(12)7-8-20-13/h3-8,14,16H,1-2H3. The number of para-hydroxylation sites is 1. The van der Waals surface area contributed by atoms with Crippen molar-refractivity contribution in [3.05, 3.63) is 41.4 Å². The molecule has 0 bridgehead atoms. The van der Waals surface area contributed by atoms with Gasteiger partial charge < -0.3 is 5.32 Å². The smallest absolute Gasteiger partial charge is 0.281 e. The predicted octanol–water partition coefficient (Wildman–Crippen LogP) is 2.55. The van der Waals surface area contributed by atoms with Crippen molar-refractivity contribution in [2.45, 2.75) is 11.9 Å². The number of hydrogen-bond donors (Lipinski definition) is 2. The molecule has 8 heteroatoms. The summed E-state index contributed by atoms with van der Waals surface area (Å²) in [5, 5.41) is 4.75. The Bertz CT molecular complexity index is 896. The van der Waals surface area contributed by atoms with Gasteiger partial charge in [0.15, 0.2) is 10.8 Å². The van der Waals surface area contributed by atoms with E-state index >= 15 is 0 Å². The molecule has 21 heavy (non-hydrogen) atoms. The summed E-state index contributed by atoms with van der Waals surface area (Å²) in [7, 11) is -2.09. The highest BCUT2D eigenvalue weighted by Gasteiger charge is 2.25. The minimum absolute atomic E-state index is 0.115. The molecule has 1 aromatic carbocycles. The van der Waals surface area contributed by atoms with Crippen LogP contribution in [0.1, 0.15) is 5.56 Å². The van der Waals surface area contributed by atoms with Crippen molar-refractivity contribution in [2.24, 2.45) is 0 Å². The molecule has 0 aliphatic heterocycles. The summed E-state index contributed by atoms with van der Waals surface area (Å²) in [5.74, 6) is 0.336. The van der Waals surface area contributed by atoms with E-state index < -0.39 is 10.0 Å². The van der Waals surface area contributed by atoms with Gasteiger partial charge in [0.1, 0.15) is 0 Å². The Morgan fingerprint density at radius 1 is 1.29 bits per heavy atom. The van der Waals surface area contributed by atoms with E-state index in [-0.39, 0.29) is 5.03 Å². The first-order chi connectivity index (χ1) is 10.0. The SMILES string of the molecule is CNc1nc2sccn2c1S(=O)(=O)Nc1ccccc1C. The number of imidazole rings is 1. The number of nitrogens with one attached hydrogen (secondary N) is 2. The van der Waals surface area contributed by atoms with Crippen LogP contribution in [0.15, 0.2) is 40.9 Å². The number of benzene rings is 1. The maximum atomic E-state index is 12.7. The molecule has 0 unspecified atom stereocenters. The average molecular weight is 322 g/mol. The van der Waals surface area contributed by atoms with Gasteiger partial charge >= 0.3 is 0 Å². The number of hydrogen-bond acceptors (Lipinski definition) is 5. The fourth-order valence-corrected chi connectivity index (χ4v) is 4.26. The predicted molar refractivity (Wildman–Crippen MR) is 84.6 cm³/mol. The van der Waals surface area contributed by atoms with Crippen molar-refractivity contribution in [3.8, 4) is 0 Å². The maximum absolute atomic E-state index is 12.7. The quantitative estimate of drug-likeness (QED) is 0.774. The molecule has 2 heterocycles. The lowest BCUT2D eigenvalue weighted by atomic mass is 10.2. The van der Waals surface area contributed by atoms with Gasteiger partial charge in [-0.2, -0.15) is 8.42 Å².